The molecular formula is C11H18N4. The van der Waals surface area contributed by atoms with Crippen LogP contribution in [0.25, 0.3) is 0 Å². The monoisotopic (exact) mass is 206 g/mol. The standard InChI is InChI=1S/C11H18N4/c1-4-6-12-10-8-11(13-7-5-2)15-9(3)14-10/h4,8H,1,5-7H2,2-3H3,(H2,12,13,14,15). The van der Waals surface area contributed by atoms with Crippen molar-refractivity contribution in [2.75, 3.05) is 23.7 Å². The van der Waals surface area contributed by atoms with Crippen LogP contribution >= 0.6 is 0 Å². The smallest absolute Gasteiger partial charge is 0.132 e. The maximum atomic E-state index is 4.29. The lowest BCUT2D eigenvalue weighted by molar-refractivity contribution is 0.953. The summed E-state index contributed by atoms with van der Waals surface area (Å²) in [6.07, 6.45) is 2.88. The van der Waals surface area contributed by atoms with Crippen LogP contribution in [0.2, 0.25) is 0 Å². The summed E-state index contributed by atoms with van der Waals surface area (Å²) in [7, 11) is 0. The Hall–Kier alpha value is -1.58. The fourth-order valence-electron chi connectivity index (χ4n) is 1.18. The van der Waals surface area contributed by atoms with Crippen LogP contribution < -0.4 is 10.6 Å². The van der Waals surface area contributed by atoms with Gasteiger partial charge in [0.15, 0.2) is 0 Å². The number of aromatic nitrogens is 2. The lowest BCUT2D eigenvalue weighted by atomic mass is 10.4. The molecule has 4 heteroatoms. The topological polar surface area (TPSA) is 49.8 Å². The molecule has 0 radical (unpaired) electrons. The van der Waals surface area contributed by atoms with Gasteiger partial charge in [0.2, 0.25) is 0 Å². The SMILES string of the molecule is C=CCNc1cc(NCCC)nc(C)n1. The first-order valence-corrected chi connectivity index (χ1v) is 5.20. The molecule has 82 valence electrons. The molecule has 0 atom stereocenters. The highest BCUT2D eigenvalue weighted by molar-refractivity contribution is 5.47. The molecule has 0 saturated heterocycles. The van der Waals surface area contributed by atoms with E-state index in [9.17, 15) is 0 Å². The van der Waals surface area contributed by atoms with Crippen LogP contribution in [0.3, 0.4) is 0 Å². The van der Waals surface area contributed by atoms with Crippen molar-refractivity contribution in [1.82, 2.24) is 9.97 Å². The normalized spacial score (nSPS) is 9.73. The van der Waals surface area contributed by atoms with Crippen molar-refractivity contribution in [1.29, 1.82) is 0 Å². The highest BCUT2D eigenvalue weighted by Crippen LogP contribution is 2.10. The molecule has 0 aliphatic rings. The van der Waals surface area contributed by atoms with Crippen LogP contribution in [0.4, 0.5) is 11.6 Å². The van der Waals surface area contributed by atoms with Crippen LogP contribution in [0.15, 0.2) is 18.7 Å². The van der Waals surface area contributed by atoms with Crippen molar-refractivity contribution in [3.8, 4) is 0 Å². The summed E-state index contributed by atoms with van der Waals surface area (Å²) in [6.45, 7) is 9.30. The molecule has 0 unspecified atom stereocenters. The lowest BCUT2D eigenvalue weighted by Crippen LogP contribution is -2.07. The van der Waals surface area contributed by atoms with Gasteiger partial charge in [0.05, 0.1) is 0 Å². The Balaban J connectivity index is 2.70. The van der Waals surface area contributed by atoms with E-state index in [1.807, 2.05) is 13.0 Å². The summed E-state index contributed by atoms with van der Waals surface area (Å²) in [6, 6.07) is 1.91. The second kappa shape index (κ2) is 6.01. The van der Waals surface area contributed by atoms with Gasteiger partial charge in [-0.1, -0.05) is 13.0 Å². The van der Waals surface area contributed by atoms with Gasteiger partial charge in [-0.25, -0.2) is 9.97 Å². The molecule has 0 aliphatic carbocycles. The summed E-state index contributed by atoms with van der Waals surface area (Å²) in [4.78, 5) is 8.56. The molecule has 2 N–H and O–H groups in total. The van der Waals surface area contributed by atoms with E-state index in [4.69, 9.17) is 0 Å². The summed E-state index contributed by atoms with van der Waals surface area (Å²) >= 11 is 0. The number of anilines is 2. The molecule has 0 bridgehead atoms. The number of hydrogen-bond donors (Lipinski definition) is 2. The molecule has 1 aromatic heterocycles. The Bertz CT molecular complexity index is 322. The minimum Gasteiger partial charge on any atom is -0.370 e. The van der Waals surface area contributed by atoms with Gasteiger partial charge in [0.1, 0.15) is 17.5 Å². The third kappa shape index (κ3) is 3.97. The first kappa shape index (κ1) is 11.5. The second-order valence-corrected chi connectivity index (χ2v) is 3.28. The maximum absolute atomic E-state index is 4.29. The van der Waals surface area contributed by atoms with Crippen LogP contribution in [0, 0.1) is 6.92 Å². The molecule has 4 nitrogen and oxygen atoms in total. The highest BCUT2D eigenvalue weighted by atomic mass is 15.1. The first-order valence-electron chi connectivity index (χ1n) is 5.20. The van der Waals surface area contributed by atoms with E-state index in [1.165, 1.54) is 0 Å². The summed E-state index contributed by atoms with van der Waals surface area (Å²) in [5, 5.41) is 6.38. The van der Waals surface area contributed by atoms with Gasteiger partial charge in [0, 0.05) is 19.2 Å². The summed E-state index contributed by atoms with van der Waals surface area (Å²) < 4.78 is 0. The van der Waals surface area contributed by atoms with Crippen molar-refractivity contribution in [3.05, 3.63) is 24.5 Å². The van der Waals surface area contributed by atoms with Crippen LogP contribution in [-0.2, 0) is 0 Å². The maximum Gasteiger partial charge on any atom is 0.132 e. The predicted molar refractivity (Wildman–Crippen MR) is 64.2 cm³/mol. The predicted octanol–water partition coefficient (Wildman–Crippen LogP) is 2.20. The van der Waals surface area contributed by atoms with Gasteiger partial charge in [-0.05, 0) is 13.3 Å². The molecule has 1 aromatic rings. The molecule has 0 fully saturated rings. The quantitative estimate of drug-likeness (QED) is 0.701. The van der Waals surface area contributed by atoms with E-state index in [0.717, 1.165) is 30.4 Å². The lowest BCUT2D eigenvalue weighted by Gasteiger charge is -2.08. The van der Waals surface area contributed by atoms with E-state index in [0.29, 0.717) is 6.54 Å². The minimum absolute atomic E-state index is 0.712. The Morgan fingerprint density at radius 2 is 2.00 bits per heavy atom. The number of aryl methyl sites for hydroxylation is 1. The van der Waals surface area contributed by atoms with Gasteiger partial charge in [-0.15, -0.1) is 6.58 Å². The number of nitrogens with one attached hydrogen (secondary N) is 2. The Morgan fingerprint density at radius 1 is 1.33 bits per heavy atom. The van der Waals surface area contributed by atoms with Crippen molar-refractivity contribution in [3.63, 3.8) is 0 Å². The van der Waals surface area contributed by atoms with Crippen LogP contribution in [-0.4, -0.2) is 23.1 Å². The largest absolute Gasteiger partial charge is 0.370 e. The zero-order valence-electron chi connectivity index (χ0n) is 9.38. The molecule has 0 aliphatic heterocycles. The Labute approximate surface area is 90.8 Å². The molecular weight excluding hydrogens is 188 g/mol. The first-order chi connectivity index (χ1) is 7.26. The third-order valence-electron chi connectivity index (χ3n) is 1.82. The van der Waals surface area contributed by atoms with E-state index in [2.05, 4.69) is 34.1 Å². The zero-order chi connectivity index (χ0) is 11.1. The van der Waals surface area contributed by atoms with Crippen LogP contribution in [0.5, 0.6) is 0 Å². The zero-order valence-corrected chi connectivity index (χ0v) is 9.38. The molecule has 0 spiro atoms. The van der Waals surface area contributed by atoms with E-state index >= 15 is 0 Å². The summed E-state index contributed by atoms with van der Waals surface area (Å²) in [5.74, 6) is 2.47. The van der Waals surface area contributed by atoms with Gasteiger partial charge in [0.25, 0.3) is 0 Å². The molecule has 1 heterocycles. The van der Waals surface area contributed by atoms with Gasteiger partial charge < -0.3 is 10.6 Å². The molecule has 0 aromatic carbocycles. The number of nitrogens with zero attached hydrogens (tertiary/aromatic N) is 2. The molecule has 0 amide bonds. The number of rotatable bonds is 6. The molecule has 15 heavy (non-hydrogen) atoms. The van der Waals surface area contributed by atoms with Crippen molar-refractivity contribution < 1.29 is 0 Å². The summed E-state index contributed by atoms with van der Waals surface area (Å²) in [5.41, 5.74) is 0. The molecule has 0 saturated carbocycles. The van der Waals surface area contributed by atoms with E-state index < -0.39 is 0 Å². The Morgan fingerprint density at radius 3 is 2.60 bits per heavy atom. The molecule has 1 rings (SSSR count). The van der Waals surface area contributed by atoms with E-state index in [-0.39, 0.29) is 0 Å². The average molecular weight is 206 g/mol. The van der Waals surface area contributed by atoms with Crippen molar-refractivity contribution >= 4 is 11.6 Å². The number of hydrogen-bond acceptors (Lipinski definition) is 4. The van der Waals surface area contributed by atoms with Gasteiger partial charge >= 0.3 is 0 Å². The fourth-order valence-corrected chi connectivity index (χ4v) is 1.18. The van der Waals surface area contributed by atoms with Crippen molar-refractivity contribution in [2.24, 2.45) is 0 Å². The Kier molecular flexibility index (Phi) is 4.60. The van der Waals surface area contributed by atoms with Crippen LogP contribution in [0.1, 0.15) is 19.2 Å². The van der Waals surface area contributed by atoms with Gasteiger partial charge in [-0.2, -0.15) is 0 Å². The van der Waals surface area contributed by atoms with Gasteiger partial charge in [-0.3, -0.25) is 0 Å². The minimum atomic E-state index is 0.712. The van der Waals surface area contributed by atoms with Crippen molar-refractivity contribution in [2.45, 2.75) is 20.3 Å². The highest BCUT2D eigenvalue weighted by Gasteiger charge is 1.99. The second-order valence-electron chi connectivity index (χ2n) is 3.28. The van der Waals surface area contributed by atoms with E-state index in [1.54, 1.807) is 6.08 Å². The fraction of sp³-hybridized carbons (Fsp3) is 0.455. The average Bonchev–Trinajstić information content (AvgIpc) is 2.23. The third-order valence-corrected chi connectivity index (χ3v) is 1.82.